The van der Waals surface area contributed by atoms with Crippen molar-refractivity contribution in [1.29, 1.82) is 0 Å². The first-order valence-electron chi connectivity index (χ1n) is 8.81. The fourth-order valence-electron chi connectivity index (χ4n) is 4.02. The van der Waals surface area contributed by atoms with E-state index in [4.69, 9.17) is 4.74 Å². The number of amides is 2. The van der Waals surface area contributed by atoms with E-state index in [0.29, 0.717) is 26.2 Å². The minimum Gasteiger partial charge on any atom is -0.393 e. The van der Waals surface area contributed by atoms with Crippen molar-refractivity contribution in [3.8, 4) is 0 Å². The van der Waals surface area contributed by atoms with Crippen molar-refractivity contribution >= 4 is 6.03 Å². The molecule has 5 nitrogen and oxygen atoms in total. The third-order valence-electron chi connectivity index (χ3n) is 5.18. The Hall–Kier alpha value is -1.59. The number of rotatable bonds is 3. The molecule has 1 aliphatic heterocycles. The second-order valence-corrected chi connectivity index (χ2v) is 7.68. The number of aliphatic hydroxyl groups excluding tert-OH is 1. The van der Waals surface area contributed by atoms with Crippen molar-refractivity contribution in [2.45, 2.75) is 57.2 Å². The largest absolute Gasteiger partial charge is 0.393 e. The number of carbonyl (C=O) groups excluding carboxylic acids is 1. The van der Waals surface area contributed by atoms with Crippen LogP contribution in [-0.4, -0.2) is 47.9 Å². The predicted molar refractivity (Wildman–Crippen MR) is 93.0 cm³/mol. The van der Waals surface area contributed by atoms with E-state index in [1.165, 1.54) is 11.1 Å². The number of fused-ring (bicyclic) bond motifs is 1. The van der Waals surface area contributed by atoms with E-state index < -0.39 is 6.10 Å². The smallest absolute Gasteiger partial charge is 0.318 e. The van der Waals surface area contributed by atoms with E-state index in [1.807, 2.05) is 11.0 Å². The average Bonchev–Trinajstić information content (AvgIpc) is 2.78. The summed E-state index contributed by atoms with van der Waals surface area (Å²) in [5, 5.41) is 12.9. The molecule has 5 heteroatoms. The van der Waals surface area contributed by atoms with Crippen molar-refractivity contribution in [3.05, 3.63) is 35.4 Å². The van der Waals surface area contributed by atoms with Crippen LogP contribution < -0.4 is 5.32 Å². The van der Waals surface area contributed by atoms with Crippen LogP contribution in [0, 0.1) is 0 Å². The Labute approximate surface area is 144 Å². The quantitative estimate of drug-likeness (QED) is 0.894. The number of ether oxygens (including phenoxy) is 1. The molecule has 0 saturated carbocycles. The number of hydrogen-bond acceptors (Lipinski definition) is 3. The zero-order valence-corrected chi connectivity index (χ0v) is 14.8. The lowest BCUT2D eigenvalue weighted by Crippen LogP contribution is -2.53. The molecule has 1 aromatic carbocycles. The Morgan fingerprint density at radius 3 is 2.96 bits per heavy atom. The van der Waals surface area contributed by atoms with Gasteiger partial charge < -0.3 is 20.1 Å². The standard InChI is InChI=1S/C19H28N2O3/c1-13(22)10-14-12-24-9-8-21(14)18(23)20-17-11-19(2,3)16-7-5-4-6-15(16)17/h4-7,13-14,17,22H,8-12H2,1-3H3,(H,20,23)/t13-,14+,17-/m0/s1. The van der Waals surface area contributed by atoms with Crippen LogP contribution >= 0.6 is 0 Å². The average molecular weight is 332 g/mol. The summed E-state index contributed by atoms with van der Waals surface area (Å²) >= 11 is 0. The second-order valence-electron chi connectivity index (χ2n) is 7.68. The van der Waals surface area contributed by atoms with E-state index in [2.05, 4.69) is 37.4 Å². The third kappa shape index (κ3) is 3.42. The summed E-state index contributed by atoms with van der Waals surface area (Å²) < 4.78 is 5.49. The normalized spacial score (nSPS) is 26.8. The predicted octanol–water partition coefficient (Wildman–Crippen LogP) is 2.59. The molecule has 1 saturated heterocycles. The second kappa shape index (κ2) is 6.73. The fraction of sp³-hybridized carbons (Fsp3) is 0.632. The highest BCUT2D eigenvalue weighted by molar-refractivity contribution is 5.75. The highest BCUT2D eigenvalue weighted by Gasteiger charge is 2.38. The molecule has 1 aliphatic carbocycles. The number of urea groups is 1. The summed E-state index contributed by atoms with van der Waals surface area (Å²) in [7, 11) is 0. The number of nitrogens with zero attached hydrogens (tertiary/aromatic N) is 1. The van der Waals surface area contributed by atoms with Gasteiger partial charge in [0.15, 0.2) is 0 Å². The first kappa shape index (κ1) is 17.2. The number of benzene rings is 1. The number of aliphatic hydroxyl groups is 1. The Bertz CT molecular complexity index is 600. The highest BCUT2D eigenvalue weighted by Crippen LogP contribution is 2.44. The van der Waals surface area contributed by atoms with Crippen molar-refractivity contribution in [2.75, 3.05) is 19.8 Å². The van der Waals surface area contributed by atoms with Gasteiger partial charge in [0.2, 0.25) is 0 Å². The molecule has 2 amide bonds. The van der Waals surface area contributed by atoms with Gasteiger partial charge in [-0.15, -0.1) is 0 Å². The number of carbonyl (C=O) groups is 1. The molecule has 0 spiro atoms. The van der Waals surface area contributed by atoms with E-state index in [1.54, 1.807) is 6.92 Å². The van der Waals surface area contributed by atoms with Gasteiger partial charge in [-0.3, -0.25) is 0 Å². The molecule has 1 fully saturated rings. The first-order chi connectivity index (χ1) is 11.4. The molecule has 24 heavy (non-hydrogen) atoms. The SMILES string of the molecule is C[C@H](O)C[C@@H]1COCCN1C(=O)N[C@H]1CC(C)(C)c2ccccc21. The molecule has 0 bridgehead atoms. The van der Waals surface area contributed by atoms with E-state index >= 15 is 0 Å². The van der Waals surface area contributed by atoms with Crippen molar-refractivity contribution in [3.63, 3.8) is 0 Å². The zero-order valence-electron chi connectivity index (χ0n) is 14.8. The van der Waals surface area contributed by atoms with Gasteiger partial charge in [0, 0.05) is 6.54 Å². The number of morpholine rings is 1. The summed E-state index contributed by atoms with van der Waals surface area (Å²) in [6, 6.07) is 8.28. The molecular formula is C19H28N2O3. The lowest BCUT2D eigenvalue weighted by molar-refractivity contribution is -0.00488. The molecule has 3 atom stereocenters. The van der Waals surface area contributed by atoms with Gasteiger partial charge in [0.25, 0.3) is 0 Å². The van der Waals surface area contributed by atoms with Gasteiger partial charge in [0.1, 0.15) is 0 Å². The van der Waals surface area contributed by atoms with Gasteiger partial charge in [-0.05, 0) is 36.3 Å². The summed E-state index contributed by atoms with van der Waals surface area (Å²) in [4.78, 5) is 14.7. The molecule has 0 radical (unpaired) electrons. The van der Waals surface area contributed by atoms with E-state index in [-0.39, 0.29) is 23.5 Å². The van der Waals surface area contributed by atoms with Crippen LogP contribution in [0.4, 0.5) is 4.79 Å². The van der Waals surface area contributed by atoms with Crippen molar-refractivity contribution < 1.29 is 14.6 Å². The van der Waals surface area contributed by atoms with E-state index in [0.717, 1.165) is 6.42 Å². The van der Waals surface area contributed by atoms with Gasteiger partial charge in [-0.25, -0.2) is 4.79 Å². The van der Waals surface area contributed by atoms with Crippen LogP contribution in [-0.2, 0) is 10.2 Å². The van der Waals surface area contributed by atoms with E-state index in [9.17, 15) is 9.90 Å². The molecule has 3 rings (SSSR count). The lowest BCUT2D eigenvalue weighted by atomic mass is 9.86. The minimum absolute atomic E-state index is 0.0405. The van der Waals surface area contributed by atoms with Crippen LogP contribution in [0.2, 0.25) is 0 Å². The molecular weight excluding hydrogens is 304 g/mol. The zero-order chi connectivity index (χ0) is 17.3. The van der Waals surface area contributed by atoms with Gasteiger partial charge >= 0.3 is 6.03 Å². The molecule has 0 aromatic heterocycles. The van der Waals surface area contributed by atoms with Crippen LogP contribution in [0.3, 0.4) is 0 Å². The third-order valence-corrected chi connectivity index (χ3v) is 5.18. The van der Waals surface area contributed by atoms with Crippen LogP contribution in [0.15, 0.2) is 24.3 Å². The van der Waals surface area contributed by atoms with Crippen molar-refractivity contribution in [1.82, 2.24) is 10.2 Å². The monoisotopic (exact) mass is 332 g/mol. The highest BCUT2D eigenvalue weighted by atomic mass is 16.5. The summed E-state index contributed by atoms with van der Waals surface area (Å²) in [5.41, 5.74) is 2.60. The Balaban J connectivity index is 1.73. The Morgan fingerprint density at radius 1 is 1.46 bits per heavy atom. The first-order valence-corrected chi connectivity index (χ1v) is 8.81. The van der Waals surface area contributed by atoms with Gasteiger partial charge in [-0.2, -0.15) is 0 Å². The van der Waals surface area contributed by atoms with Crippen LogP contribution in [0.1, 0.15) is 50.8 Å². The molecule has 2 N–H and O–H groups in total. The summed E-state index contributed by atoms with van der Waals surface area (Å²) in [6.07, 6.45) is 1.00. The Kier molecular flexibility index (Phi) is 4.83. The number of nitrogens with one attached hydrogen (secondary N) is 1. The molecule has 1 heterocycles. The van der Waals surface area contributed by atoms with Gasteiger partial charge in [-0.1, -0.05) is 38.1 Å². The molecule has 1 aromatic rings. The van der Waals surface area contributed by atoms with Crippen LogP contribution in [0.25, 0.3) is 0 Å². The minimum atomic E-state index is -0.446. The summed E-state index contributed by atoms with van der Waals surface area (Å²) in [6.45, 7) is 7.81. The molecule has 0 unspecified atom stereocenters. The topological polar surface area (TPSA) is 61.8 Å². The lowest BCUT2D eigenvalue weighted by Gasteiger charge is -2.37. The van der Waals surface area contributed by atoms with Crippen LogP contribution in [0.5, 0.6) is 0 Å². The maximum Gasteiger partial charge on any atom is 0.318 e. The van der Waals surface area contributed by atoms with Crippen molar-refractivity contribution in [2.24, 2.45) is 0 Å². The fourth-order valence-corrected chi connectivity index (χ4v) is 4.02. The Morgan fingerprint density at radius 2 is 2.21 bits per heavy atom. The number of hydrogen-bond donors (Lipinski definition) is 2. The molecule has 132 valence electrons. The summed E-state index contributed by atoms with van der Waals surface area (Å²) in [5.74, 6) is 0. The van der Waals surface area contributed by atoms with Gasteiger partial charge in [0.05, 0.1) is 31.4 Å². The molecule has 2 aliphatic rings. The maximum absolute atomic E-state index is 12.8. The maximum atomic E-state index is 12.8.